The van der Waals surface area contributed by atoms with Crippen molar-refractivity contribution in [2.75, 3.05) is 0 Å². The van der Waals surface area contributed by atoms with Gasteiger partial charge in [-0.25, -0.2) is 0 Å². The minimum Gasteiger partial charge on any atom is -0.310 e. The van der Waals surface area contributed by atoms with Gasteiger partial charge in [0.2, 0.25) is 0 Å². The number of aryl methyl sites for hydroxylation is 1. The summed E-state index contributed by atoms with van der Waals surface area (Å²) < 4.78 is 0. The van der Waals surface area contributed by atoms with Crippen LogP contribution in [0.15, 0.2) is 18.2 Å². The second kappa shape index (κ2) is 3.64. The Morgan fingerprint density at radius 3 is 2.67 bits per heavy atom. The Balaban J connectivity index is 1.78. The second-order valence-electron chi connectivity index (χ2n) is 5.13. The van der Waals surface area contributed by atoms with Crippen LogP contribution >= 0.6 is 0 Å². The van der Waals surface area contributed by atoms with Gasteiger partial charge in [-0.3, -0.25) is 0 Å². The van der Waals surface area contributed by atoms with E-state index in [9.17, 15) is 0 Å². The lowest BCUT2D eigenvalue weighted by Gasteiger charge is -2.10. The second-order valence-corrected chi connectivity index (χ2v) is 5.13. The molecule has 1 aromatic carbocycles. The van der Waals surface area contributed by atoms with E-state index in [0.717, 1.165) is 18.5 Å². The summed E-state index contributed by atoms with van der Waals surface area (Å²) in [6, 6.07) is 7.78. The lowest BCUT2D eigenvalue weighted by molar-refractivity contribution is 0.682. The van der Waals surface area contributed by atoms with Crippen molar-refractivity contribution in [3.05, 3.63) is 34.9 Å². The maximum atomic E-state index is 3.62. The fourth-order valence-corrected chi connectivity index (χ4v) is 2.22. The van der Waals surface area contributed by atoms with Crippen molar-refractivity contribution in [1.82, 2.24) is 5.32 Å². The van der Waals surface area contributed by atoms with Crippen LogP contribution in [0, 0.1) is 6.92 Å². The highest BCUT2D eigenvalue weighted by atomic mass is 14.9. The highest BCUT2D eigenvalue weighted by Crippen LogP contribution is 2.41. The molecule has 0 spiro atoms. The number of nitrogens with one attached hydrogen (secondary N) is 1. The lowest BCUT2D eigenvalue weighted by atomic mass is 10.0. The standard InChI is InChI=1S/C14H19N/c1-10-2-7-14(11-3-4-11)12(8-10)9-15-13-5-6-13/h2,7-8,11,13,15H,3-6,9H2,1H3. The molecule has 1 nitrogen and oxygen atoms in total. The quantitative estimate of drug-likeness (QED) is 0.789. The molecule has 80 valence electrons. The fourth-order valence-electron chi connectivity index (χ4n) is 2.22. The zero-order chi connectivity index (χ0) is 10.3. The largest absolute Gasteiger partial charge is 0.310 e. The molecule has 2 aliphatic rings. The van der Waals surface area contributed by atoms with Gasteiger partial charge in [-0.1, -0.05) is 23.8 Å². The van der Waals surface area contributed by atoms with E-state index in [2.05, 4.69) is 30.4 Å². The van der Waals surface area contributed by atoms with Crippen molar-refractivity contribution in [1.29, 1.82) is 0 Å². The highest BCUT2D eigenvalue weighted by molar-refractivity contribution is 5.36. The van der Waals surface area contributed by atoms with Crippen LogP contribution in [-0.2, 0) is 6.54 Å². The molecule has 0 aromatic heterocycles. The Morgan fingerprint density at radius 2 is 2.00 bits per heavy atom. The van der Waals surface area contributed by atoms with E-state index < -0.39 is 0 Å². The van der Waals surface area contributed by atoms with Crippen LogP contribution in [0.4, 0.5) is 0 Å². The van der Waals surface area contributed by atoms with Crippen molar-refractivity contribution < 1.29 is 0 Å². The maximum absolute atomic E-state index is 3.62. The van der Waals surface area contributed by atoms with Crippen molar-refractivity contribution in [3.63, 3.8) is 0 Å². The van der Waals surface area contributed by atoms with Crippen LogP contribution in [0.5, 0.6) is 0 Å². The first-order valence-corrected chi connectivity index (χ1v) is 6.16. The Bertz CT molecular complexity index is 362. The topological polar surface area (TPSA) is 12.0 Å². The molecule has 0 saturated heterocycles. The summed E-state index contributed by atoms with van der Waals surface area (Å²) in [6.07, 6.45) is 5.56. The first-order chi connectivity index (χ1) is 7.33. The van der Waals surface area contributed by atoms with Gasteiger partial charge in [0.25, 0.3) is 0 Å². The third-order valence-corrected chi connectivity index (χ3v) is 3.47. The highest BCUT2D eigenvalue weighted by Gasteiger charge is 2.26. The van der Waals surface area contributed by atoms with E-state index in [4.69, 9.17) is 0 Å². The van der Waals surface area contributed by atoms with Crippen molar-refractivity contribution in [2.45, 2.75) is 51.1 Å². The smallest absolute Gasteiger partial charge is 0.0211 e. The summed E-state index contributed by atoms with van der Waals surface area (Å²) in [6.45, 7) is 3.27. The van der Waals surface area contributed by atoms with Gasteiger partial charge in [0, 0.05) is 12.6 Å². The fraction of sp³-hybridized carbons (Fsp3) is 0.571. The molecule has 1 aromatic rings. The number of rotatable bonds is 4. The molecule has 0 heterocycles. The predicted octanol–water partition coefficient (Wildman–Crippen LogP) is 3.12. The summed E-state index contributed by atoms with van der Waals surface area (Å²) in [4.78, 5) is 0. The van der Waals surface area contributed by atoms with Gasteiger partial charge in [0.1, 0.15) is 0 Å². The van der Waals surface area contributed by atoms with E-state index >= 15 is 0 Å². The van der Waals surface area contributed by atoms with Crippen molar-refractivity contribution in [3.8, 4) is 0 Å². The molecule has 0 unspecified atom stereocenters. The van der Waals surface area contributed by atoms with Crippen molar-refractivity contribution in [2.24, 2.45) is 0 Å². The molecule has 2 aliphatic carbocycles. The molecule has 0 aliphatic heterocycles. The minimum atomic E-state index is 0.817. The minimum absolute atomic E-state index is 0.817. The third-order valence-electron chi connectivity index (χ3n) is 3.47. The van der Waals surface area contributed by atoms with E-state index in [1.165, 1.54) is 31.2 Å². The van der Waals surface area contributed by atoms with E-state index in [-0.39, 0.29) is 0 Å². The Morgan fingerprint density at radius 1 is 1.20 bits per heavy atom. The summed E-state index contributed by atoms with van der Waals surface area (Å²) in [5.41, 5.74) is 4.55. The molecule has 1 N–H and O–H groups in total. The Hall–Kier alpha value is -0.820. The Labute approximate surface area is 91.9 Å². The zero-order valence-corrected chi connectivity index (χ0v) is 9.42. The van der Waals surface area contributed by atoms with Crippen LogP contribution in [0.2, 0.25) is 0 Å². The van der Waals surface area contributed by atoms with E-state index in [1.807, 2.05) is 0 Å². The molecule has 0 bridgehead atoms. The predicted molar refractivity (Wildman–Crippen MR) is 63.0 cm³/mol. The normalized spacial score (nSPS) is 20.6. The van der Waals surface area contributed by atoms with E-state index in [1.54, 1.807) is 11.1 Å². The van der Waals surface area contributed by atoms with Gasteiger partial charge >= 0.3 is 0 Å². The average Bonchev–Trinajstić information content (AvgIpc) is 3.08. The Kier molecular flexibility index (Phi) is 2.28. The van der Waals surface area contributed by atoms with E-state index in [0.29, 0.717) is 0 Å². The third kappa shape index (κ3) is 2.23. The molecule has 1 heteroatoms. The molecule has 0 amide bonds. The van der Waals surface area contributed by atoms with Crippen LogP contribution in [0.3, 0.4) is 0 Å². The maximum Gasteiger partial charge on any atom is 0.0211 e. The van der Waals surface area contributed by atoms with Crippen LogP contribution in [-0.4, -0.2) is 6.04 Å². The summed E-state index contributed by atoms with van der Waals surface area (Å²) in [7, 11) is 0. The van der Waals surface area contributed by atoms with Gasteiger partial charge in [-0.2, -0.15) is 0 Å². The summed E-state index contributed by atoms with van der Waals surface area (Å²) in [5.74, 6) is 0.876. The zero-order valence-electron chi connectivity index (χ0n) is 9.42. The average molecular weight is 201 g/mol. The molecule has 15 heavy (non-hydrogen) atoms. The molecule has 0 atom stereocenters. The summed E-state index contributed by atoms with van der Waals surface area (Å²) >= 11 is 0. The first kappa shape index (κ1) is 9.41. The van der Waals surface area contributed by atoms with Gasteiger partial charge in [0.15, 0.2) is 0 Å². The summed E-state index contributed by atoms with van der Waals surface area (Å²) in [5, 5.41) is 3.62. The molecular formula is C14H19N. The first-order valence-electron chi connectivity index (χ1n) is 6.16. The molecule has 0 radical (unpaired) electrons. The van der Waals surface area contributed by atoms with Crippen molar-refractivity contribution >= 4 is 0 Å². The van der Waals surface area contributed by atoms with Crippen LogP contribution in [0.25, 0.3) is 0 Å². The number of hydrogen-bond donors (Lipinski definition) is 1. The number of hydrogen-bond acceptors (Lipinski definition) is 1. The van der Waals surface area contributed by atoms with Gasteiger partial charge in [0.05, 0.1) is 0 Å². The van der Waals surface area contributed by atoms with Crippen LogP contribution < -0.4 is 5.32 Å². The number of benzene rings is 1. The molecule has 3 rings (SSSR count). The lowest BCUT2D eigenvalue weighted by Crippen LogP contribution is -2.16. The van der Waals surface area contributed by atoms with Gasteiger partial charge < -0.3 is 5.32 Å². The SMILES string of the molecule is Cc1ccc(C2CC2)c(CNC2CC2)c1. The van der Waals surface area contributed by atoms with Crippen LogP contribution in [0.1, 0.15) is 48.3 Å². The molecular weight excluding hydrogens is 182 g/mol. The van der Waals surface area contributed by atoms with Gasteiger partial charge in [-0.15, -0.1) is 0 Å². The molecule has 2 fully saturated rings. The van der Waals surface area contributed by atoms with Gasteiger partial charge in [-0.05, 0) is 49.7 Å². The monoisotopic (exact) mass is 201 g/mol. The molecule has 2 saturated carbocycles.